The van der Waals surface area contributed by atoms with Crippen molar-refractivity contribution in [1.29, 1.82) is 0 Å². The van der Waals surface area contributed by atoms with Gasteiger partial charge in [0.15, 0.2) is 17.4 Å². The highest BCUT2D eigenvalue weighted by Gasteiger charge is 2.24. The minimum absolute atomic E-state index is 0.120. The van der Waals surface area contributed by atoms with Gasteiger partial charge in [0.1, 0.15) is 11.8 Å². The van der Waals surface area contributed by atoms with Crippen LogP contribution < -0.4 is 15.0 Å². The lowest BCUT2D eigenvalue weighted by Crippen LogP contribution is -2.50. The molecule has 1 fully saturated rings. The molecule has 5 rings (SSSR count). The summed E-state index contributed by atoms with van der Waals surface area (Å²) in [5.74, 6) is 0.489. The Hall–Kier alpha value is -4.27. The van der Waals surface area contributed by atoms with Crippen molar-refractivity contribution in [2.45, 2.75) is 13.8 Å². The number of hydrogen-bond donors (Lipinski definition) is 1. The van der Waals surface area contributed by atoms with Gasteiger partial charge in [-0.25, -0.2) is 24.1 Å². The molecule has 3 heterocycles. The number of carbonyl (C=O) groups excluding carboxylic acids is 1. The number of fused-ring (bicyclic) bond motifs is 1. The molecule has 1 aliphatic rings. The molecule has 0 spiro atoms. The number of nitrogens with one attached hydrogen (secondary N) is 1. The Morgan fingerprint density at radius 2 is 1.89 bits per heavy atom. The van der Waals surface area contributed by atoms with E-state index in [0.717, 1.165) is 11.3 Å². The highest BCUT2D eigenvalue weighted by Crippen LogP contribution is 2.28. The number of carbonyl (C=O) groups is 1. The van der Waals surface area contributed by atoms with Crippen LogP contribution in [0.3, 0.4) is 0 Å². The largest absolute Gasteiger partial charge is 0.491 e. The summed E-state index contributed by atoms with van der Waals surface area (Å²) in [7, 11) is 0. The van der Waals surface area contributed by atoms with Crippen LogP contribution in [0.15, 0.2) is 60.9 Å². The van der Waals surface area contributed by atoms with Crippen LogP contribution in [0.2, 0.25) is 0 Å². The molecular formula is C27H27FN6O2. The zero-order chi connectivity index (χ0) is 25.1. The molecule has 4 aromatic rings. The third-order valence-corrected chi connectivity index (χ3v) is 6.13. The maximum atomic E-state index is 14.4. The first-order valence-corrected chi connectivity index (χ1v) is 11.9. The number of amides is 2. The standard InChI is InChI=1S/C27H27FN6O2/c1-3-36-24-10-7-19(16-21(24)28)22-8-9-23-25(32-22)26(30-17-29-23)33-11-13-34(14-12-33)27(35)31-20-6-4-5-18(2)15-20/h4-10,15-17H,3,11-14H2,1-2H3,(H,31,35). The van der Waals surface area contributed by atoms with Crippen molar-refractivity contribution in [3.63, 3.8) is 0 Å². The number of piperazine rings is 1. The van der Waals surface area contributed by atoms with Gasteiger partial charge in [0, 0.05) is 37.4 Å². The smallest absolute Gasteiger partial charge is 0.321 e. The summed E-state index contributed by atoms with van der Waals surface area (Å²) in [6.07, 6.45) is 1.52. The number of benzene rings is 2. The highest BCUT2D eigenvalue weighted by molar-refractivity contribution is 5.90. The fourth-order valence-electron chi connectivity index (χ4n) is 4.30. The Kier molecular flexibility index (Phi) is 6.62. The summed E-state index contributed by atoms with van der Waals surface area (Å²) in [6, 6.07) is 16.1. The van der Waals surface area contributed by atoms with Crippen molar-refractivity contribution in [2.75, 3.05) is 43.0 Å². The maximum Gasteiger partial charge on any atom is 0.321 e. The van der Waals surface area contributed by atoms with Gasteiger partial charge in [-0.3, -0.25) is 0 Å². The number of urea groups is 1. The second kappa shape index (κ2) is 10.2. The summed E-state index contributed by atoms with van der Waals surface area (Å²) in [5, 5.41) is 2.97. The van der Waals surface area contributed by atoms with E-state index in [1.54, 1.807) is 17.0 Å². The lowest BCUT2D eigenvalue weighted by Gasteiger charge is -2.35. The van der Waals surface area contributed by atoms with Gasteiger partial charge in [0.05, 0.1) is 17.8 Å². The topological polar surface area (TPSA) is 83.5 Å². The van der Waals surface area contributed by atoms with E-state index in [9.17, 15) is 9.18 Å². The van der Waals surface area contributed by atoms with Crippen molar-refractivity contribution < 1.29 is 13.9 Å². The number of nitrogens with zero attached hydrogens (tertiary/aromatic N) is 5. The lowest BCUT2D eigenvalue weighted by atomic mass is 10.1. The van der Waals surface area contributed by atoms with Gasteiger partial charge >= 0.3 is 6.03 Å². The third-order valence-electron chi connectivity index (χ3n) is 6.13. The average molecular weight is 487 g/mol. The van der Waals surface area contributed by atoms with E-state index in [-0.39, 0.29) is 11.8 Å². The van der Waals surface area contributed by atoms with Gasteiger partial charge in [-0.1, -0.05) is 12.1 Å². The fourth-order valence-corrected chi connectivity index (χ4v) is 4.30. The zero-order valence-electron chi connectivity index (χ0n) is 20.2. The van der Waals surface area contributed by atoms with Crippen LogP contribution in [-0.2, 0) is 0 Å². The van der Waals surface area contributed by atoms with Gasteiger partial charge in [0.2, 0.25) is 0 Å². The number of aryl methyl sites for hydroxylation is 1. The van der Waals surface area contributed by atoms with Crippen LogP contribution in [0.1, 0.15) is 12.5 Å². The molecule has 0 unspecified atom stereocenters. The molecular weight excluding hydrogens is 459 g/mol. The Bertz CT molecular complexity index is 1400. The van der Waals surface area contributed by atoms with E-state index in [1.807, 2.05) is 50.2 Å². The van der Waals surface area contributed by atoms with Crippen LogP contribution in [0, 0.1) is 12.7 Å². The predicted octanol–water partition coefficient (Wildman–Crippen LogP) is 4.89. The molecule has 0 bridgehead atoms. The van der Waals surface area contributed by atoms with Gasteiger partial charge < -0.3 is 19.9 Å². The van der Waals surface area contributed by atoms with E-state index in [4.69, 9.17) is 9.72 Å². The Morgan fingerprint density at radius 3 is 2.64 bits per heavy atom. The second-order valence-electron chi connectivity index (χ2n) is 8.61. The normalized spacial score (nSPS) is 13.6. The van der Waals surface area contributed by atoms with E-state index in [0.29, 0.717) is 60.9 Å². The lowest BCUT2D eigenvalue weighted by molar-refractivity contribution is 0.208. The SMILES string of the molecule is CCOc1ccc(-c2ccc3ncnc(N4CCN(C(=O)Nc5cccc(C)c5)CC4)c3n2)cc1F. The molecule has 0 aliphatic carbocycles. The number of halogens is 1. The molecule has 1 N–H and O–H groups in total. The van der Waals surface area contributed by atoms with Crippen LogP contribution in [-0.4, -0.2) is 58.7 Å². The number of anilines is 2. The van der Waals surface area contributed by atoms with Crippen LogP contribution >= 0.6 is 0 Å². The predicted molar refractivity (Wildman–Crippen MR) is 138 cm³/mol. The molecule has 2 aromatic heterocycles. The molecule has 1 saturated heterocycles. The first kappa shape index (κ1) is 23.5. The summed E-state index contributed by atoms with van der Waals surface area (Å²) < 4.78 is 19.7. The molecule has 9 heteroatoms. The molecule has 2 amide bonds. The maximum absolute atomic E-state index is 14.4. The van der Waals surface area contributed by atoms with Gasteiger partial charge in [-0.05, 0) is 61.9 Å². The number of pyridine rings is 1. The van der Waals surface area contributed by atoms with Gasteiger partial charge in [-0.2, -0.15) is 0 Å². The zero-order valence-corrected chi connectivity index (χ0v) is 20.2. The number of hydrogen-bond acceptors (Lipinski definition) is 6. The molecule has 1 aliphatic heterocycles. The van der Waals surface area contributed by atoms with Crippen LogP contribution in [0.5, 0.6) is 5.75 Å². The summed E-state index contributed by atoms with van der Waals surface area (Å²) >= 11 is 0. The summed E-state index contributed by atoms with van der Waals surface area (Å²) in [5.41, 5.74) is 4.48. The number of rotatable bonds is 5. The van der Waals surface area contributed by atoms with Crippen molar-refractivity contribution in [2.24, 2.45) is 0 Å². The monoisotopic (exact) mass is 486 g/mol. The van der Waals surface area contributed by atoms with Gasteiger partial charge in [-0.15, -0.1) is 0 Å². The molecule has 184 valence electrons. The minimum atomic E-state index is -0.430. The Balaban J connectivity index is 1.33. The van der Waals surface area contributed by atoms with Crippen LogP contribution in [0.4, 0.5) is 20.7 Å². The van der Waals surface area contributed by atoms with E-state index < -0.39 is 5.82 Å². The molecule has 8 nitrogen and oxygen atoms in total. The highest BCUT2D eigenvalue weighted by atomic mass is 19.1. The Morgan fingerprint density at radius 1 is 1.06 bits per heavy atom. The quantitative estimate of drug-likeness (QED) is 0.432. The molecule has 2 aromatic carbocycles. The summed E-state index contributed by atoms with van der Waals surface area (Å²) in [4.78, 5) is 30.3. The second-order valence-corrected chi connectivity index (χ2v) is 8.61. The average Bonchev–Trinajstić information content (AvgIpc) is 2.89. The Labute approximate surface area is 208 Å². The van der Waals surface area contributed by atoms with Crippen molar-refractivity contribution in [3.8, 4) is 17.0 Å². The first-order chi connectivity index (χ1) is 17.5. The molecule has 0 atom stereocenters. The third kappa shape index (κ3) is 4.91. The van der Waals surface area contributed by atoms with Crippen molar-refractivity contribution >= 4 is 28.6 Å². The summed E-state index contributed by atoms with van der Waals surface area (Å²) in [6.45, 7) is 6.52. The molecule has 0 radical (unpaired) electrons. The minimum Gasteiger partial charge on any atom is -0.491 e. The molecule has 36 heavy (non-hydrogen) atoms. The van der Waals surface area contributed by atoms with E-state index in [2.05, 4.69) is 20.2 Å². The number of aromatic nitrogens is 3. The van der Waals surface area contributed by atoms with E-state index >= 15 is 0 Å². The van der Waals surface area contributed by atoms with Crippen molar-refractivity contribution in [1.82, 2.24) is 19.9 Å². The number of ether oxygens (including phenoxy) is 1. The van der Waals surface area contributed by atoms with Gasteiger partial charge in [0.25, 0.3) is 0 Å². The fraction of sp³-hybridized carbons (Fsp3) is 0.259. The first-order valence-electron chi connectivity index (χ1n) is 11.9. The van der Waals surface area contributed by atoms with Crippen LogP contribution in [0.25, 0.3) is 22.3 Å². The van der Waals surface area contributed by atoms with Crippen molar-refractivity contribution in [3.05, 3.63) is 72.3 Å². The molecule has 0 saturated carbocycles. The van der Waals surface area contributed by atoms with E-state index in [1.165, 1.54) is 12.4 Å².